The van der Waals surface area contributed by atoms with Gasteiger partial charge in [0.05, 0.1) is 0 Å². The van der Waals surface area contributed by atoms with Crippen molar-refractivity contribution < 1.29 is 18.9 Å². The summed E-state index contributed by atoms with van der Waals surface area (Å²) < 4.78 is 1.48. The van der Waals surface area contributed by atoms with Crippen molar-refractivity contribution in [1.29, 1.82) is 0 Å². The average Bonchev–Trinajstić information content (AvgIpc) is 2.41. The Balaban J connectivity index is 0.00000289. The zero-order valence-electron chi connectivity index (χ0n) is 12.4. The Hall–Kier alpha value is 0.609. The molecule has 0 saturated carbocycles. The van der Waals surface area contributed by atoms with E-state index < -0.39 is 13.1 Å². The smallest absolute Gasteiger partial charge is 1.00 e. The third kappa shape index (κ3) is 6.17. The minimum atomic E-state index is -1.23. The minimum Gasteiger partial charge on any atom is 1.00 e. The molecule has 0 aliphatic rings. The second kappa shape index (κ2) is 10.4. The maximum absolute atomic E-state index is 2.48. The molecule has 0 radical (unpaired) electrons. The molecule has 18 heavy (non-hydrogen) atoms. The van der Waals surface area contributed by atoms with Gasteiger partial charge in [0.15, 0.2) is 0 Å². The molecule has 0 spiro atoms. The molecule has 1 aromatic carbocycles. The standard InChI is InChI=1S/C9H9Se.3C2H5.Al.Li/c1-2-8-10-9-6-4-3-5-7-9;3*1-2;;/h2-8H,1H2;3*1H2,2H3;;/q;;;;-1;+1/b8-2+;;;;;. The third-order valence-electron chi connectivity index (χ3n) is 4.28. The van der Waals surface area contributed by atoms with Crippen LogP contribution in [0.3, 0.4) is 0 Å². The largest absolute Gasteiger partial charge is 1.00 e. The van der Waals surface area contributed by atoms with Gasteiger partial charge in [0, 0.05) is 0 Å². The molecule has 0 aromatic heterocycles. The molecule has 0 heterocycles. The van der Waals surface area contributed by atoms with Gasteiger partial charge in [-0.2, -0.15) is 0 Å². The molecule has 1 aromatic rings. The number of rotatable bonds is 7. The van der Waals surface area contributed by atoms with Crippen molar-refractivity contribution in [2.24, 2.45) is 0 Å². The van der Waals surface area contributed by atoms with E-state index >= 15 is 0 Å². The SMILES string of the molecule is C[CH2][Al-]([CH2]C)([CH2]C)[CH2]/C=C/[Se]c1ccccc1.[Li+]. The Morgan fingerprint density at radius 2 is 1.56 bits per heavy atom. The van der Waals surface area contributed by atoms with E-state index in [2.05, 4.69) is 62.2 Å². The number of benzene rings is 1. The molecule has 0 bridgehead atoms. The second-order valence-electron chi connectivity index (χ2n) is 5.00. The predicted octanol–water partition coefficient (Wildman–Crippen LogP) is 1.04. The topological polar surface area (TPSA) is 0 Å². The van der Waals surface area contributed by atoms with E-state index in [1.165, 1.54) is 25.6 Å². The van der Waals surface area contributed by atoms with Crippen LogP contribution in [0.15, 0.2) is 41.4 Å². The predicted molar refractivity (Wildman–Crippen MR) is 83.0 cm³/mol. The van der Waals surface area contributed by atoms with Crippen LogP contribution in [-0.4, -0.2) is 28.0 Å². The van der Waals surface area contributed by atoms with Crippen molar-refractivity contribution in [2.75, 3.05) is 0 Å². The summed E-state index contributed by atoms with van der Waals surface area (Å²) in [5.74, 6) is 0. The summed E-state index contributed by atoms with van der Waals surface area (Å²) in [6, 6.07) is 10.8. The van der Waals surface area contributed by atoms with Crippen molar-refractivity contribution in [3.8, 4) is 0 Å². The summed E-state index contributed by atoms with van der Waals surface area (Å²) in [7, 11) is 0. The van der Waals surface area contributed by atoms with Gasteiger partial charge in [-0.15, -0.1) is 0 Å². The van der Waals surface area contributed by atoms with E-state index in [-0.39, 0.29) is 18.9 Å². The van der Waals surface area contributed by atoms with E-state index in [0.29, 0.717) is 15.0 Å². The van der Waals surface area contributed by atoms with Crippen LogP contribution in [0, 0.1) is 0 Å². The molecule has 0 N–H and O–H groups in total. The Morgan fingerprint density at radius 1 is 1.00 bits per heavy atom. The van der Waals surface area contributed by atoms with Gasteiger partial charge < -0.3 is 0 Å². The van der Waals surface area contributed by atoms with Crippen LogP contribution in [0.25, 0.3) is 0 Å². The average molecular weight is 317 g/mol. The van der Waals surface area contributed by atoms with Crippen molar-refractivity contribution in [2.45, 2.75) is 41.9 Å². The zero-order valence-corrected chi connectivity index (χ0v) is 15.2. The van der Waals surface area contributed by atoms with Crippen LogP contribution in [0.5, 0.6) is 0 Å². The van der Waals surface area contributed by atoms with Gasteiger partial charge in [0.1, 0.15) is 0 Å². The molecular formula is C15H24AlLiSe. The minimum absolute atomic E-state index is 0. The first-order valence-corrected chi connectivity index (χ1v) is 12.0. The van der Waals surface area contributed by atoms with Crippen LogP contribution >= 0.6 is 0 Å². The van der Waals surface area contributed by atoms with E-state index in [1.807, 2.05) is 0 Å². The third-order valence-corrected chi connectivity index (χ3v) is 12.6. The van der Waals surface area contributed by atoms with Gasteiger partial charge in [0.2, 0.25) is 0 Å². The molecule has 0 aliphatic carbocycles. The van der Waals surface area contributed by atoms with Crippen LogP contribution < -0.4 is 23.3 Å². The van der Waals surface area contributed by atoms with Crippen LogP contribution in [0.2, 0.25) is 21.1 Å². The van der Waals surface area contributed by atoms with E-state index in [9.17, 15) is 0 Å². The van der Waals surface area contributed by atoms with Gasteiger partial charge in [-0.3, -0.25) is 0 Å². The molecule has 0 amide bonds. The number of hydrogen-bond acceptors (Lipinski definition) is 0. The molecule has 94 valence electrons. The number of allylic oxidation sites excluding steroid dienone is 1. The van der Waals surface area contributed by atoms with Crippen molar-refractivity contribution in [3.05, 3.63) is 41.4 Å². The molecule has 0 aliphatic heterocycles. The maximum atomic E-state index is 2.48. The molecule has 3 heteroatoms. The van der Waals surface area contributed by atoms with Gasteiger partial charge in [-0.05, 0) is 0 Å². The van der Waals surface area contributed by atoms with Crippen molar-refractivity contribution in [1.82, 2.24) is 0 Å². The Labute approximate surface area is 134 Å². The molecule has 0 unspecified atom stereocenters. The summed E-state index contributed by atoms with van der Waals surface area (Å²) in [5, 5.41) is 5.79. The van der Waals surface area contributed by atoms with Crippen LogP contribution in [0.4, 0.5) is 0 Å². The summed E-state index contributed by atoms with van der Waals surface area (Å²) >= 11 is -0.699. The molecular weight excluding hydrogens is 293 g/mol. The second-order valence-corrected chi connectivity index (χ2v) is 13.4. The fourth-order valence-electron chi connectivity index (χ4n) is 2.34. The molecule has 0 atom stereocenters. The Kier molecular flexibility index (Phi) is 10.8. The molecule has 0 saturated heterocycles. The Morgan fingerprint density at radius 3 is 2.06 bits per heavy atom. The summed E-state index contributed by atoms with van der Waals surface area (Å²) in [4.78, 5) is 2.43. The van der Waals surface area contributed by atoms with E-state index in [4.69, 9.17) is 0 Å². The van der Waals surface area contributed by atoms with Gasteiger partial charge >= 0.3 is 135 Å². The van der Waals surface area contributed by atoms with E-state index in [0.717, 1.165) is 0 Å². The summed E-state index contributed by atoms with van der Waals surface area (Å²) in [6.07, 6.45) is 2.48. The summed E-state index contributed by atoms with van der Waals surface area (Å²) in [6.45, 7) is 7.19. The first kappa shape index (κ1) is 18.6. The van der Waals surface area contributed by atoms with Crippen LogP contribution in [0.1, 0.15) is 20.8 Å². The molecule has 1 rings (SSSR count). The fourth-order valence-corrected chi connectivity index (χ4v) is 7.65. The first-order chi connectivity index (χ1) is 8.26. The van der Waals surface area contributed by atoms with Crippen LogP contribution in [-0.2, 0) is 0 Å². The van der Waals surface area contributed by atoms with Gasteiger partial charge in [-0.25, -0.2) is 0 Å². The monoisotopic (exact) mass is 318 g/mol. The summed E-state index contributed by atoms with van der Waals surface area (Å²) in [5.41, 5.74) is 0. The van der Waals surface area contributed by atoms with Gasteiger partial charge in [-0.1, -0.05) is 0 Å². The van der Waals surface area contributed by atoms with Crippen molar-refractivity contribution >= 4 is 32.5 Å². The van der Waals surface area contributed by atoms with E-state index in [1.54, 1.807) is 0 Å². The molecule has 0 fully saturated rings. The Bertz CT molecular complexity index is 325. The normalized spacial score (nSPS) is 11.5. The maximum Gasteiger partial charge on any atom is 1.00 e. The quantitative estimate of drug-likeness (QED) is 0.660. The van der Waals surface area contributed by atoms with Crippen molar-refractivity contribution in [3.63, 3.8) is 0 Å². The van der Waals surface area contributed by atoms with Gasteiger partial charge in [0.25, 0.3) is 0 Å². The zero-order chi connectivity index (χ0) is 12.6. The molecule has 0 nitrogen and oxygen atoms in total. The fraction of sp³-hybridized carbons (Fsp3) is 0.467. The number of hydrogen-bond donors (Lipinski definition) is 0. The first-order valence-electron chi connectivity index (χ1n) is 6.85.